The van der Waals surface area contributed by atoms with E-state index >= 15 is 0 Å². The van der Waals surface area contributed by atoms with Crippen LogP contribution in [0.4, 0.5) is 5.82 Å². The Balaban J connectivity index is 1.81. The molecular formula is C21H31N4O16P-2. The predicted octanol–water partition coefficient (Wildman–Crippen LogP) is -6.31. The fourth-order valence-electron chi connectivity index (χ4n) is 4.45. The first-order valence-corrected chi connectivity index (χ1v) is 13.7. The number of carboxylic acid groups (broad SMARTS) is 1. The second-order valence-electron chi connectivity index (χ2n) is 9.42. The molecule has 3 heterocycles. The van der Waals surface area contributed by atoms with E-state index in [0.29, 0.717) is 0 Å². The van der Waals surface area contributed by atoms with Crippen molar-refractivity contribution in [3.05, 3.63) is 22.7 Å². The Morgan fingerprint density at radius 1 is 1.36 bits per heavy atom. The van der Waals surface area contributed by atoms with Gasteiger partial charge in [-0.3, -0.25) is 14.1 Å². The van der Waals surface area contributed by atoms with Gasteiger partial charge in [0.1, 0.15) is 54.5 Å². The summed E-state index contributed by atoms with van der Waals surface area (Å²) in [6.45, 7) is -0.865. The number of methoxy groups -OCH3 is 1. The van der Waals surface area contributed by atoms with Crippen LogP contribution in [0.25, 0.3) is 0 Å². The molecule has 238 valence electrons. The van der Waals surface area contributed by atoms with Crippen molar-refractivity contribution in [3.8, 4) is 0 Å². The minimum atomic E-state index is -5.54. The van der Waals surface area contributed by atoms with Crippen LogP contribution in [0.2, 0.25) is 0 Å². The van der Waals surface area contributed by atoms with Crippen LogP contribution in [0.3, 0.4) is 0 Å². The Labute approximate surface area is 236 Å². The van der Waals surface area contributed by atoms with E-state index in [4.69, 9.17) is 29.0 Å². The third-order valence-corrected chi connectivity index (χ3v) is 7.51. The van der Waals surface area contributed by atoms with Crippen LogP contribution in [0.15, 0.2) is 22.1 Å². The lowest BCUT2D eigenvalue weighted by molar-refractivity contribution is -0.369. The van der Waals surface area contributed by atoms with Crippen LogP contribution in [-0.2, 0) is 32.6 Å². The quantitative estimate of drug-likeness (QED) is 0.0644. The Morgan fingerprint density at radius 3 is 2.57 bits per heavy atom. The monoisotopic (exact) mass is 626 g/mol. The zero-order chi connectivity index (χ0) is 31.6. The number of rotatable bonds is 12. The fraction of sp³-hybridized carbons (Fsp3) is 0.714. The van der Waals surface area contributed by atoms with E-state index in [9.17, 15) is 54.8 Å². The maximum absolute atomic E-state index is 12.8. The lowest BCUT2D eigenvalue weighted by Crippen LogP contribution is -2.66. The number of aromatic nitrogens is 2. The molecule has 2 aliphatic rings. The number of aliphatic hydroxyl groups excluding tert-OH is 5. The van der Waals surface area contributed by atoms with Crippen LogP contribution in [0.1, 0.15) is 19.6 Å². The molecule has 0 spiro atoms. The number of hydrogen-bond acceptors (Lipinski definition) is 18. The number of nitrogens with two attached hydrogens (primary N) is 1. The van der Waals surface area contributed by atoms with Gasteiger partial charge >= 0.3 is 13.5 Å². The molecule has 2 saturated heterocycles. The van der Waals surface area contributed by atoms with Crippen molar-refractivity contribution < 1.29 is 73.3 Å². The Morgan fingerprint density at radius 2 is 2.02 bits per heavy atom. The molecule has 20 nitrogen and oxygen atoms in total. The molecule has 2 aliphatic heterocycles. The number of anilines is 1. The molecule has 11 atom stereocenters. The predicted molar refractivity (Wildman–Crippen MR) is 130 cm³/mol. The average Bonchev–Trinajstić information content (AvgIpc) is 3.17. The van der Waals surface area contributed by atoms with E-state index in [1.54, 1.807) is 0 Å². The molecule has 42 heavy (non-hydrogen) atoms. The van der Waals surface area contributed by atoms with Crippen molar-refractivity contribution in [2.45, 2.75) is 74.1 Å². The van der Waals surface area contributed by atoms with Gasteiger partial charge < -0.3 is 65.4 Å². The normalized spacial score (nSPS) is 35.0. The molecule has 2 fully saturated rings. The number of nitrogens with zero attached hydrogens (tertiary/aromatic N) is 3. The maximum atomic E-state index is 12.8. The summed E-state index contributed by atoms with van der Waals surface area (Å²) in [5, 5.41) is 75.2. The number of phosphoric acid groups is 1. The van der Waals surface area contributed by atoms with Crippen molar-refractivity contribution in [1.29, 1.82) is 0 Å². The van der Waals surface area contributed by atoms with Crippen molar-refractivity contribution >= 4 is 25.5 Å². The second-order valence-corrected chi connectivity index (χ2v) is 10.8. The molecule has 0 radical (unpaired) electrons. The number of carbonyl (C=O) groups excluding carboxylic acids is 1. The fourth-order valence-corrected chi connectivity index (χ4v) is 5.40. The Kier molecular flexibility index (Phi) is 10.8. The van der Waals surface area contributed by atoms with Gasteiger partial charge in [0.2, 0.25) is 5.79 Å². The zero-order valence-corrected chi connectivity index (χ0v) is 23.0. The minimum absolute atomic E-state index is 0.135. The lowest BCUT2D eigenvalue weighted by Gasteiger charge is -2.48. The summed E-state index contributed by atoms with van der Waals surface area (Å²) in [5.74, 6) is -6.58. The smallest absolute Gasteiger partial charge is 0.475 e. The molecular weight excluding hydrogens is 595 g/mol. The van der Waals surface area contributed by atoms with Crippen LogP contribution in [0, 0.1) is 0 Å². The highest BCUT2D eigenvalue weighted by molar-refractivity contribution is 7.47. The molecule has 8 N–H and O–H groups in total. The number of aliphatic hydroxyl groups is 5. The number of nitrogen functional groups attached to an aromatic ring is 1. The molecule has 1 aromatic rings. The maximum Gasteiger partial charge on any atom is 0.475 e. The first-order chi connectivity index (χ1) is 19.6. The van der Waals surface area contributed by atoms with Crippen LogP contribution >= 0.6 is 7.82 Å². The number of ether oxygens (including phenoxy) is 3. The first-order valence-electron chi connectivity index (χ1n) is 12.2. The highest BCUT2D eigenvalue weighted by Gasteiger charge is 2.55. The van der Waals surface area contributed by atoms with Gasteiger partial charge in [-0.05, 0) is 18.9 Å². The molecule has 21 heteroatoms. The average molecular weight is 626 g/mol. The van der Waals surface area contributed by atoms with Gasteiger partial charge in [0.15, 0.2) is 6.23 Å². The molecule has 0 aliphatic carbocycles. The standard InChI is InChI=1S/C21H33N4O16P/c1-8(27)23-13-9(28)5-21(19(32)33,40-17(13)15(30)10(6-26)37-2)41-42(35,36)38-7-11-14(29)16(31)18(39-11)25-4-3-12(22)24-20(25)34/h3-4,9-11,13-18,26,28-31H,5-7H2,1-2H3,(H,23,27)(H,32,33)(H,35,36)(H2,22,24,34)/p-2/t9-,10+,11+,13+,14+,15+,16+,17+,18+,21+/m0/s1. The Bertz CT molecular complexity index is 1240. The number of hydrogen-bond donors (Lipinski definition) is 7. The summed E-state index contributed by atoms with van der Waals surface area (Å²) in [6.07, 6.45) is -14.0. The largest absolute Gasteiger partial charge is 0.862 e. The molecule has 0 amide bonds. The molecule has 0 bridgehead atoms. The van der Waals surface area contributed by atoms with Crippen molar-refractivity contribution in [2.24, 2.45) is 4.99 Å². The number of phosphoric ester groups is 1. The van der Waals surface area contributed by atoms with E-state index < -0.39 is 106 Å². The molecule has 0 saturated carbocycles. The van der Waals surface area contributed by atoms with Crippen molar-refractivity contribution in [3.63, 3.8) is 0 Å². The second kappa shape index (κ2) is 13.4. The van der Waals surface area contributed by atoms with E-state index in [-0.39, 0.29) is 5.82 Å². The third kappa shape index (κ3) is 7.30. The topological polar surface area (TPSA) is 321 Å². The summed E-state index contributed by atoms with van der Waals surface area (Å²) in [7, 11) is -4.47. The van der Waals surface area contributed by atoms with E-state index in [1.807, 2.05) is 0 Å². The van der Waals surface area contributed by atoms with E-state index in [2.05, 4.69) is 9.98 Å². The number of aliphatic imine (C=N–C) groups is 1. The first kappa shape index (κ1) is 33.9. The minimum Gasteiger partial charge on any atom is -0.862 e. The van der Waals surface area contributed by atoms with Gasteiger partial charge in [-0.2, -0.15) is 4.98 Å². The highest BCUT2D eigenvalue weighted by Crippen LogP contribution is 2.51. The SMILES string of the molecule is CO[C@H](CO)[C@@H](O)[C@@H]1O[C@](OP(=O)(O)OC[C@H]2O[C@@H](n3ccc(N)nc3=O)[C@H](O)[C@@H]2O)(C(=O)[O-])C[C@H](O)[C@H]1N=C(C)[O-]. The summed E-state index contributed by atoms with van der Waals surface area (Å²) in [4.78, 5) is 41.6. The van der Waals surface area contributed by atoms with Crippen molar-refractivity contribution in [1.82, 2.24) is 9.55 Å². The number of aliphatic carboxylic acids is 1. The summed E-state index contributed by atoms with van der Waals surface area (Å²) in [6, 6.07) is -0.432. The molecule has 1 unspecified atom stereocenters. The summed E-state index contributed by atoms with van der Waals surface area (Å²) >= 11 is 0. The summed E-state index contributed by atoms with van der Waals surface area (Å²) < 4.78 is 38.7. The number of carbonyl (C=O) groups is 1. The van der Waals surface area contributed by atoms with Gasteiger partial charge in [0.25, 0.3) is 0 Å². The van der Waals surface area contributed by atoms with Gasteiger partial charge in [-0.1, -0.05) is 0 Å². The van der Waals surface area contributed by atoms with Gasteiger partial charge in [-0.25, -0.2) is 13.9 Å². The highest BCUT2D eigenvalue weighted by atomic mass is 31.2. The van der Waals surface area contributed by atoms with Gasteiger partial charge in [0, 0.05) is 19.7 Å². The third-order valence-electron chi connectivity index (χ3n) is 6.50. The lowest BCUT2D eigenvalue weighted by atomic mass is 9.89. The molecule has 3 rings (SSSR count). The van der Waals surface area contributed by atoms with Crippen LogP contribution < -0.4 is 21.6 Å². The summed E-state index contributed by atoms with van der Waals surface area (Å²) in [5.41, 5.74) is 4.47. The van der Waals surface area contributed by atoms with Crippen molar-refractivity contribution in [2.75, 3.05) is 26.1 Å². The molecule has 0 aromatic carbocycles. The molecule has 1 aromatic heterocycles. The number of carboxylic acids is 1. The van der Waals surface area contributed by atoms with Gasteiger partial charge in [0.05, 0.1) is 19.3 Å². The zero-order valence-electron chi connectivity index (χ0n) is 22.1. The van der Waals surface area contributed by atoms with E-state index in [0.717, 1.165) is 24.8 Å². The Hall–Kier alpha value is -2.59. The van der Waals surface area contributed by atoms with E-state index in [1.165, 1.54) is 6.07 Å². The van der Waals surface area contributed by atoms with Crippen LogP contribution in [-0.4, -0.2) is 127 Å². The van der Waals surface area contributed by atoms with Gasteiger partial charge in [-0.15, -0.1) is 0 Å². The van der Waals surface area contributed by atoms with Crippen LogP contribution in [0.5, 0.6) is 0 Å².